The molecule has 19 heteroatoms. The van der Waals surface area contributed by atoms with Crippen molar-refractivity contribution in [3.8, 4) is 5.75 Å². The molecule has 1 aliphatic heterocycles. The predicted octanol–water partition coefficient (Wildman–Crippen LogP) is 4.85. The first kappa shape index (κ1) is 58.8. The van der Waals surface area contributed by atoms with E-state index in [9.17, 15) is 44.3 Å². The van der Waals surface area contributed by atoms with Gasteiger partial charge in [-0.2, -0.15) is 0 Å². The van der Waals surface area contributed by atoms with Crippen LogP contribution in [0.25, 0.3) is 10.9 Å². The summed E-state index contributed by atoms with van der Waals surface area (Å²) in [7, 11) is 2.86. The number of carbonyl (C=O) groups is 7. The topological polar surface area (TPSA) is 255 Å². The monoisotopic (exact) mass is 1010 g/mol. The summed E-state index contributed by atoms with van der Waals surface area (Å²) in [5.41, 5.74) is 0.810. The van der Waals surface area contributed by atoms with Gasteiger partial charge in [0.15, 0.2) is 0 Å². The molecule has 7 unspecified atom stereocenters. The Labute approximate surface area is 429 Å². The molecule has 1 saturated heterocycles. The standard InChI is InChI=1S/C54H79N9O10/c1-14-16-20-38-47(65)59-41(29-36-30-62(54(10,11)15-2)42-21-18-17-19-37(36)42)53(71)61(13)45(26-33(7)8)51(69)58-40(27-35-22-23-46(64)43(28-35)63(72)73)48(66)55-34(9)52(70)60(12)44(25-32(5)6)50(68)57-39(24-31(3)4)49(67)56-38/h14-19,21-23,28,30-34,38-41,44-45,64,72-73H,2,20,24-27,29H2,1,3-13H3,(H,55,66)(H,56,67)(H,57,68)(H,58,69)(H,59,65). The van der Waals surface area contributed by atoms with Crippen LogP contribution in [0.2, 0.25) is 0 Å². The second kappa shape index (κ2) is 25.8. The smallest absolute Gasteiger partial charge is 0.245 e. The maximum atomic E-state index is 15.3. The van der Waals surface area contributed by atoms with Crippen LogP contribution in [0.4, 0.5) is 5.69 Å². The van der Waals surface area contributed by atoms with Crippen molar-refractivity contribution in [3.63, 3.8) is 0 Å². The van der Waals surface area contributed by atoms with Crippen LogP contribution < -0.4 is 31.8 Å². The zero-order chi connectivity index (χ0) is 54.6. The van der Waals surface area contributed by atoms with Crippen LogP contribution in [0.5, 0.6) is 5.75 Å². The molecule has 0 radical (unpaired) electrons. The molecule has 7 atom stereocenters. The highest BCUT2D eigenvalue weighted by molar-refractivity contribution is 5.99. The first-order chi connectivity index (χ1) is 34.2. The summed E-state index contributed by atoms with van der Waals surface area (Å²) in [6, 6.07) is 2.60. The van der Waals surface area contributed by atoms with Crippen LogP contribution in [0.15, 0.2) is 73.5 Å². The highest BCUT2D eigenvalue weighted by atomic mass is 16.8. The zero-order valence-electron chi connectivity index (χ0n) is 44.6. The number of para-hydroxylation sites is 1. The Morgan fingerprint density at radius 2 is 1.21 bits per heavy atom. The summed E-state index contributed by atoms with van der Waals surface area (Å²) < 4.78 is 2.03. The molecule has 19 nitrogen and oxygen atoms in total. The zero-order valence-corrected chi connectivity index (χ0v) is 44.6. The third kappa shape index (κ3) is 15.4. The number of anilines is 1. The minimum Gasteiger partial charge on any atom is -0.506 e. The van der Waals surface area contributed by atoms with E-state index in [0.29, 0.717) is 5.56 Å². The number of phenols is 1. The van der Waals surface area contributed by atoms with Gasteiger partial charge in [-0.1, -0.05) is 84.0 Å². The summed E-state index contributed by atoms with van der Waals surface area (Å²) in [6.07, 6.45) is 7.23. The number of phenolic OH excluding ortho intramolecular Hbond substituents is 1. The summed E-state index contributed by atoms with van der Waals surface area (Å²) in [5.74, 6) is -5.81. The summed E-state index contributed by atoms with van der Waals surface area (Å²) >= 11 is 0. The number of hydrogen-bond donors (Lipinski definition) is 8. The van der Waals surface area contributed by atoms with Crippen LogP contribution in [-0.4, -0.2) is 128 Å². The quantitative estimate of drug-likeness (QED) is 0.0754. The molecule has 0 aliphatic carbocycles. The predicted molar refractivity (Wildman–Crippen MR) is 279 cm³/mol. The highest BCUT2D eigenvalue weighted by Crippen LogP contribution is 2.31. The molecule has 0 saturated carbocycles. The first-order valence-corrected chi connectivity index (χ1v) is 25.1. The number of hydrogen-bond acceptors (Lipinski definition) is 11. The van der Waals surface area contributed by atoms with Gasteiger partial charge in [0.2, 0.25) is 41.4 Å². The van der Waals surface area contributed by atoms with E-state index in [2.05, 4.69) is 33.2 Å². The second-order valence-electron chi connectivity index (χ2n) is 21.0. The Morgan fingerprint density at radius 3 is 1.77 bits per heavy atom. The number of amides is 7. The van der Waals surface area contributed by atoms with Crippen molar-refractivity contribution in [1.82, 2.24) is 41.0 Å². The number of fused-ring (bicyclic) bond motifs is 1. The number of rotatable bonds is 15. The number of aromatic nitrogens is 1. The molecular weight excluding hydrogens is 935 g/mol. The van der Waals surface area contributed by atoms with Crippen molar-refractivity contribution in [2.75, 3.05) is 19.3 Å². The number of aromatic hydroxyl groups is 1. The molecular formula is C54H79N9O10. The first-order valence-electron chi connectivity index (χ1n) is 25.1. The highest BCUT2D eigenvalue weighted by Gasteiger charge is 2.39. The average molecular weight is 1010 g/mol. The van der Waals surface area contributed by atoms with Gasteiger partial charge in [-0.15, -0.1) is 11.8 Å². The van der Waals surface area contributed by atoms with E-state index in [1.807, 2.05) is 90.4 Å². The number of benzene rings is 2. The number of allylic oxidation sites excluding steroid dienone is 2. The van der Waals surface area contributed by atoms with Crippen molar-refractivity contribution >= 4 is 57.9 Å². The molecule has 4 rings (SSSR count). The summed E-state index contributed by atoms with van der Waals surface area (Å²) in [4.78, 5) is 105. The van der Waals surface area contributed by atoms with Crippen LogP contribution >= 0.6 is 0 Å². The Balaban J connectivity index is 1.97. The molecule has 2 aromatic carbocycles. The van der Waals surface area contributed by atoms with E-state index in [-0.39, 0.29) is 67.1 Å². The molecule has 1 fully saturated rings. The molecule has 1 aromatic heterocycles. The fourth-order valence-corrected chi connectivity index (χ4v) is 9.01. The van der Waals surface area contributed by atoms with Crippen molar-refractivity contribution in [3.05, 3.63) is 84.6 Å². The Bertz CT molecular complexity index is 2500. The normalized spacial score (nSPS) is 22.9. The van der Waals surface area contributed by atoms with E-state index in [1.165, 1.54) is 49.0 Å². The molecule has 8 N–H and O–H groups in total. The van der Waals surface area contributed by atoms with E-state index >= 15 is 4.79 Å². The maximum absolute atomic E-state index is 15.3. The van der Waals surface area contributed by atoms with Gasteiger partial charge in [0, 0.05) is 44.0 Å². The number of likely N-dealkylation sites (N-methyl/N-ethyl adjacent to an activating group) is 2. The molecule has 3 aromatic rings. The Hall–Kier alpha value is -6.73. The van der Waals surface area contributed by atoms with Crippen LogP contribution in [0.1, 0.15) is 106 Å². The lowest BCUT2D eigenvalue weighted by Gasteiger charge is -2.33. The van der Waals surface area contributed by atoms with Gasteiger partial charge in [0.1, 0.15) is 53.7 Å². The van der Waals surface area contributed by atoms with E-state index in [0.717, 1.165) is 10.9 Å². The van der Waals surface area contributed by atoms with Crippen LogP contribution in [-0.2, 0) is 51.9 Å². The third-order valence-electron chi connectivity index (χ3n) is 13.2. The lowest BCUT2D eigenvalue weighted by Crippen LogP contribution is -2.60. The van der Waals surface area contributed by atoms with E-state index in [1.54, 1.807) is 25.2 Å². The molecule has 2 heterocycles. The van der Waals surface area contributed by atoms with Gasteiger partial charge in [0.05, 0.1) is 5.54 Å². The lowest BCUT2D eigenvalue weighted by molar-refractivity contribution is -0.144. The number of carbonyl (C=O) groups excluding carboxylic acids is 7. The SMILES string of the molecule is C=CC(C)(C)n1cc(CC2NC(=O)C(CC=CC)NC(=O)C(CC(C)C)NC(=O)C(CC(C)C)N(C)C(=O)C(C)NC(=O)C(Cc3ccc(O)c(N(O)O)c3)NC(=O)C(CC(C)C)N(C)C2=O)c2ccccc21. The molecule has 73 heavy (non-hydrogen) atoms. The number of nitrogens with zero attached hydrogens (tertiary/aromatic N) is 4. The van der Waals surface area contributed by atoms with E-state index < -0.39 is 101 Å². The molecule has 400 valence electrons. The Kier molecular flexibility index (Phi) is 20.8. The van der Waals surface area contributed by atoms with Gasteiger partial charge >= 0.3 is 0 Å². The van der Waals surface area contributed by atoms with E-state index in [4.69, 9.17) is 0 Å². The summed E-state index contributed by atoms with van der Waals surface area (Å²) in [6.45, 7) is 22.4. The van der Waals surface area contributed by atoms with Crippen molar-refractivity contribution in [2.45, 2.75) is 156 Å². The maximum Gasteiger partial charge on any atom is 0.245 e. The van der Waals surface area contributed by atoms with Gasteiger partial charge in [-0.3, -0.25) is 44.0 Å². The minimum atomic E-state index is -1.46. The van der Waals surface area contributed by atoms with Crippen molar-refractivity contribution < 1.29 is 49.1 Å². The molecule has 7 amide bonds. The fraction of sp³-hybridized carbons (Fsp3) is 0.537. The van der Waals surface area contributed by atoms with Gasteiger partial charge < -0.3 is 46.1 Å². The van der Waals surface area contributed by atoms with Crippen LogP contribution in [0.3, 0.4) is 0 Å². The second-order valence-corrected chi connectivity index (χ2v) is 21.0. The van der Waals surface area contributed by atoms with Crippen molar-refractivity contribution in [2.24, 2.45) is 17.8 Å². The van der Waals surface area contributed by atoms with Gasteiger partial charge in [-0.05, 0) is 100 Å². The fourth-order valence-electron chi connectivity index (χ4n) is 9.01. The summed E-state index contributed by atoms with van der Waals surface area (Å²) in [5, 5.41) is 44.7. The van der Waals surface area contributed by atoms with Gasteiger partial charge in [-0.25, -0.2) is 0 Å². The van der Waals surface area contributed by atoms with Gasteiger partial charge in [0.25, 0.3) is 0 Å². The van der Waals surface area contributed by atoms with Crippen molar-refractivity contribution in [1.29, 1.82) is 0 Å². The lowest BCUT2D eigenvalue weighted by atomic mass is 9.98. The third-order valence-corrected chi connectivity index (χ3v) is 13.2. The molecule has 0 bridgehead atoms. The average Bonchev–Trinajstić information content (AvgIpc) is 3.70. The van der Waals surface area contributed by atoms with Crippen LogP contribution in [0, 0.1) is 17.8 Å². The minimum absolute atomic E-state index is 0.0169. The molecule has 1 aliphatic rings. The number of nitrogens with one attached hydrogen (secondary N) is 5. The largest absolute Gasteiger partial charge is 0.506 e. The molecule has 0 spiro atoms. The Morgan fingerprint density at radius 1 is 0.685 bits per heavy atom.